The molecule has 0 aliphatic heterocycles. The zero-order valence-electron chi connectivity index (χ0n) is 9.29. The number of carboxylic acid groups (broad SMARTS) is 1. The summed E-state index contributed by atoms with van der Waals surface area (Å²) in [5.74, 6) is -0.879. The predicted molar refractivity (Wildman–Crippen MR) is 63.9 cm³/mol. The molecule has 0 spiro atoms. The van der Waals surface area contributed by atoms with Crippen molar-refractivity contribution in [3.63, 3.8) is 0 Å². The van der Waals surface area contributed by atoms with Gasteiger partial charge < -0.3 is 5.11 Å². The van der Waals surface area contributed by atoms with E-state index in [9.17, 15) is 4.79 Å². The van der Waals surface area contributed by atoms with Crippen LogP contribution >= 0.6 is 0 Å². The van der Waals surface area contributed by atoms with Gasteiger partial charge in [0.15, 0.2) is 10.9 Å². The van der Waals surface area contributed by atoms with E-state index in [1.54, 1.807) is 30.3 Å². The Morgan fingerprint density at radius 1 is 1.25 bits per heavy atom. The topological polar surface area (TPSA) is 97.5 Å². The van der Waals surface area contributed by atoms with Crippen LogP contribution in [0.3, 0.4) is 0 Å². The van der Waals surface area contributed by atoms with Gasteiger partial charge in [-0.2, -0.15) is 0 Å². The molecule has 0 saturated carbocycles. The average molecular weight is 247 g/mol. The quantitative estimate of drug-likeness (QED) is 0.651. The Kier molecular flexibility index (Phi) is 12.4. The second-order valence-electron chi connectivity index (χ2n) is 2.66. The first-order chi connectivity index (χ1) is 7.45. The molecule has 1 rings (SSSR count). The van der Waals surface area contributed by atoms with E-state index in [0.717, 1.165) is 0 Å². The number of carboxylic acids is 1. The van der Waals surface area contributed by atoms with Crippen LogP contribution < -0.4 is 5.14 Å². The van der Waals surface area contributed by atoms with Crippen molar-refractivity contribution in [1.29, 1.82) is 0 Å². The van der Waals surface area contributed by atoms with E-state index < -0.39 is 16.9 Å². The zero-order valence-corrected chi connectivity index (χ0v) is 10.2. The standard InChI is InChI=1S/C7H6O2.C3H8.H3NO2S/c8-7(9)6-4-2-1-3-5-6;1-3-2;1-4(2)3/h1-5H,(H,8,9);3H2,1-2H3;4H,(H2,1,2,3). The molecule has 0 aromatic heterocycles. The summed E-state index contributed by atoms with van der Waals surface area (Å²) in [6.45, 7) is 4.25. The number of aromatic carboxylic acids is 1. The molecule has 0 amide bonds. The second kappa shape index (κ2) is 11.7. The fourth-order valence-corrected chi connectivity index (χ4v) is 0.581. The molecule has 0 atom stereocenters. The van der Waals surface area contributed by atoms with E-state index in [4.69, 9.17) is 13.5 Å². The highest BCUT2D eigenvalue weighted by Crippen LogP contribution is 1.96. The third-order valence-corrected chi connectivity index (χ3v) is 1.02. The van der Waals surface area contributed by atoms with Gasteiger partial charge in [-0.15, -0.1) is 0 Å². The fourth-order valence-electron chi connectivity index (χ4n) is 0.581. The summed E-state index contributed by atoms with van der Waals surface area (Å²) >= 11 is 0. The lowest BCUT2D eigenvalue weighted by Gasteiger charge is -1.88. The van der Waals surface area contributed by atoms with Crippen LogP contribution in [0.15, 0.2) is 30.3 Å². The molecule has 92 valence electrons. The normalized spacial score (nSPS) is 8.25. The molecule has 3 N–H and O–H groups in total. The summed E-state index contributed by atoms with van der Waals surface area (Å²) in [4.78, 5) is 10.2. The first-order valence-corrected chi connectivity index (χ1v) is 5.87. The predicted octanol–water partition coefficient (Wildman–Crippen LogP) is 1.27. The molecule has 0 aliphatic carbocycles. The van der Waals surface area contributed by atoms with Crippen molar-refractivity contribution >= 4 is 16.9 Å². The van der Waals surface area contributed by atoms with Crippen LogP contribution in [0.1, 0.15) is 30.6 Å². The molecule has 16 heavy (non-hydrogen) atoms. The Labute approximate surface area is 97.0 Å². The first-order valence-electron chi connectivity index (χ1n) is 4.63. The average Bonchev–Trinajstić information content (AvgIpc) is 2.19. The maximum atomic E-state index is 10.2. The summed E-state index contributed by atoms with van der Waals surface area (Å²) in [6, 6.07) is 8.30. The van der Waals surface area contributed by atoms with Crippen LogP contribution in [-0.4, -0.2) is 19.5 Å². The van der Waals surface area contributed by atoms with Crippen molar-refractivity contribution in [2.75, 3.05) is 0 Å². The third-order valence-electron chi connectivity index (χ3n) is 1.02. The van der Waals surface area contributed by atoms with Crippen LogP contribution in [0.25, 0.3) is 0 Å². The minimum absolute atomic E-state index is 0.331. The van der Waals surface area contributed by atoms with E-state index in [1.165, 1.54) is 6.42 Å². The van der Waals surface area contributed by atoms with Crippen molar-refractivity contribution in [3.05, 3.63) is 35.9 Å². The Morgan fingerprint density at radius 3 is 1.75 bits per heavy atom. The maximum Gasteiger partial charge on any atom is 0.335 e. The molecule has 0 heterocycles. The van der Waals surface area contributed by atoms with Crippen LogP contribution in [0.5, 0.6) is 0 Å². The highest BCUT2D eigenvalue weighted by atomic mass is 32.2. The Bertz CT molecular complexity index is 341. The molecule has 6 heteroatoms. The van der Waals surface area contributed by atoms with Gasteiger partial charge in [0.05, 0.1) is 5.56 Å². The number of carbonyl (C=O) groups is 1. The van der Waals surface area contributed by atoms with Gasteiger partial charge in [-0.25, -0.2) is 18.4 Å². The molecule has 0 radical (unpaired) electrons. The number of hydrogen-bond acceptors (Lipinski definition) is 3. The van der Waals surface area contributed by atoms with Crippen molar-refractivity contribution in [1.82, 2.24) is 0 Å². The Morgan fingerprint density at radius 2 is 1.56 bits per heavy atom. The smallest absolute Gasteiger partial charge is 0.335 e. The summed E-state index contributed by atoms with van der Waals surface area (Å²) in [5, 5.41) is 12.4. The monoisotopic (exact) mass is 247 g/mol. The molecule has 0 fully saturated rings. The summed E-state index contributed by atoms with van der Waals surface area (Å²) in [6.07, 6.45) is 1.25. The van der Waals surface area contributed by atoms with E-state index >= 15 is 0 Å². The number of nitrogens with two attached hydrogens (primary N) is 1. The number of rotatable bonds is 1. The number of thiol groups is 1. The van der Waals surface area contributed by atoms with E-state index in [-0.39, 0.29) is 0 Å². The zero-order chi connectivity index (χ0) is 13.0. The van der Waals surface area contributed by atoms with Gasteiger partial charge in [0.25, 0.3) is 0 Å². The molecule has 1 aromatic carbocycles. The molecule has 0 saturated heterocycles. The molecule has 1 aromatic rings. The lowest BCUT2D eigenvalue weighted by atomic mass is 10.2. The lowest BCUT2D eigenvalue weighted by Crippen LogP contribution is -1.93. The molecular weight excluding hydrogens is 230 g/mol. The second-order valence-corrected chi connectivity index (χ2v) is 3.23. The molecule has 0 unspecified atom stereocenters. The Hall–Kier alpha value is -1.40. The van der Waals surface area contributed by atoms with Crippen molar-refractivity contribution in [3.8, 4) is 0 Å². The lowest BCUT2D eigenvalue weighted by molar-refractivity contribution is 0.0697. The minimum atomic E-state index is -2.62. The van der Waals surface area contributed by atoms with Gasteiger partial charge in [0, 0.05) is 0 Å². The van der Waals surface area contributed by atoms with Crippen LogP contribution in [0.2, 0.25) is 0 Å². The first kappa shape index (κ1) is 17.0. The Balaban J connectivity index is 0. The fraction of sp³-hybridized carbons (Fsp3) is 0.300. The van der Waals surface area contributed by atoms with Gasteiger partial charge in [-0.1, -0.05) is 38.5 Å². The van der Waals surface area contributed by atoms with Crippen LogP contribution in [0, 0.1) is 0 Å². The minimum Gasteiger partial charge on any atom is -0.478 e. The van der Waals surface area contributed by atoms with Crippen molar-refractivity contribution in [2.24, 2.45) is 5.14 Å². The summed E-state index contributed by atoms with van der Waals surface area (Å²) in [5.41, 5.74) is 0.331. The van der Waals surface area contributed by atoms with Crippen molar-refractivity contribution < 1.29 is 18.3 Å². The van der Waals surface area contributed by atoms with Crippen LogP contribution in [0.4, 0.5) is 0 Å². The third kappa shape index (κ3) is 15.1. The maximum absolute atomic E-state index is 10.2. The van der Waals surface area contributed by atoms with Crippen molar-refractivity contribution in [2.45, 2.75) is 20.3 Å². The van der Waals surface area contributed by atoms with Gasteiger partial charge in [0.2, 0.25) is 0 Å². The number of hydrogen-bond donors (Lipinski definition) is 3. The van der Waals surface area contributed by atoms with E-state index in [1.807, 2.05) is 0 Å². The molecular formula is C10H17NO4S. The highest BCUT2D eigenvalue weighted by Gasteiger charge is 1.96. The molecule has 0 aliphatic rings. The molecule has 5 nitrogen and oxygen atoms in total. The van der Waals surface area contributed by atoms with Gasteiger partial charge in [0.1, 0.15) is 0 Å². The van der Waals surface area contributed by atoms with E-state index in [0.29, 0.717) is 5.56 Å². The van der Waals surface area contributed by atoms with Crippen LogP contribution in [-0.2, 0) is 10.9 Å². The van der Waals surface area contributed by atoms with Gasteiger partial charge >= 0.3 is 5.97 Å². The highest BCUT2D eigenvalue weighted by molar-refractivity contribution is 7.69. The number of benzene rings is 1. The SMILES string of the molecule is CCC.N[SH](=O)=O.O=C(O)c1ccccc1. The molecule has 0 bridgehead atoms. The summed E-state index contributed by atoms with van der Waals surface area (Å²) < 4.78 is 17.6. The summed E-state index contributed by atoms with van der Waals surface area (Å²) in [7, 11) is -2.62. The largest absolute Gasteiger partial charge is 0.478 e. The van der Waals surface area contributed by atoms with Gasteiger partial charge in [-0.3, -0.25) is 0 Å². The van der Waals surface area contributed by atoms with E-state index in [2.05, 4.69) is 19.0 Å². The van der Waals surface area contributed by atoms with Gasteiger partial charge in [-0.05, 0) is 12.1 Å².